The first kappa shape index (κ1) is 14.0. The molecule has 1 rings (SSSR count). The highest BCUT2D eigenvalue weighted by Gasteiger charge is 2.20. The van der Waals surface area contributed by atoms with Crippen molar-refractivity contribution in [2.24, 2.45) is 5.73 Å². The van der Waals surface area contributed by atoms with Crippen LogP contribution in [-0.4, -0.2) is 27.3 Å². The number of nitrogens with two attached hydrogens (primary N) is 1. The van der Waals surface area contributed by atoms with Gasteiger partial charge < -0.3 is 10.5 Å². The van der Waals surface area contributed by atoms with E-state index in [2.05, 4.69) is 0 Å². The summed E-state index contributed by atoms with van der Waals surface area (Å²) in [5.74, 6) is 0.637. The van der Waals surface area contributed by atoms with Gasteiger partial charge in [-0.1, -0.05) is 6.92 Å². The van der Waals surface area contributed by atoms with Crippen molar-refractivity contribution in [1.29, 1.82) is 0 Å². The zero-order valence-electron chi connectivity index (χ0n) is 10.4. The van der Waals surface area contributed by atoms with Crippen LogP contribution in [0, 0.1) is 6.92 Å². The van der Waals surface area contributed by atoms with Gasteiger partial charge in [-0.25, -0.2) is 8.42 Å². The predicted molar refractivity (Wildman–Crippen MR) is 68.1 cm³/mol. The third kappa shape index (κ3) is 3.44. The Morgan fingerprint density at radius 1 is 1.41 bits per heavy atom. The minimum atomic E-state index is -3.31. The van der Waals surface area contributed by atoms with Gasteiger partial charge in [0.25, 0.3) is 0 Å². The number of ether oxygens (including phenoxy) is 1. The van der Waals surface area contributed by atoms with Gasteiger partial charge in [-0.05, 0) is 37.1 Å². The fourth-order valence-electron chi connectivity index (χ4n) is 1.59. The van der Waals surface area contributed by atoms with E-state index >= 15 is 0 Å². The molecule has 1 unspecified atom stereocenters. The number of sulfone groups is 1. The van der Waals surface area contributed by atoms with E-state index in [0.717, 1.165) is 0 Å². The molecule has 0 bridgehead atoms. The molecular formula is C12H19NO3S. The Bertz CT molecular complexity index is 483. The van der Waals surface area contributed by atoms with Gasteiger partial charge in [0, 0.05) is 6.04 Å². The molecule has 17 heavy (non-hydrogen) atoms. The van der Waals surface area contributed by atoms with Crippen LogP contribution in [0.15, 0.2) is 23.1 Å². The largest absolute Gasteiger partial charge is 0.497 e. The molecule has 2 N–H and O–H groups in total. The number of benzene rings is 1. The fourth-order valence-corrected chi connectivity index (χ4v) is 3.39. The Balaban J connectivity index is 3.07. The lowest BCUT2D eigenvalue weighted by molar-refractivity contribution is 0.414. The molecular weight excluding hydrogens is 238 g/mol. The number of methoxy groups -OCH3 is 1. The van der Waals surface area contributed by atoms with Crippen LogP contribution in [0.1, 0.15) is 18.9 Å². The molecule has 1 atom stereocenters. The van der Waals surface area contributed by atoms with Crippen molar-refractivity contribution in [3.05, 3.63) is 23.8 Å². The molecule has 0 aromatic heterocycles. The second-order valence-electron chi connectivity index (χ2n) is 4.08. The zero-order valence-corrected chi connectivity index (χ0v) is 11.3. The van der Waals surface area contributed by atoms with E-state index < -0.39 is 9.84 Å². The lowest BCUT2D eigenvalue weighted by Gasteiger charge is -2.12. The van der Waals surface area contributed by atoms with Gasteiger partial charge >= 0.3 is 0 Å². The summed E-state index contributed by atoms with van der Waals surface area (Å²) in [5.41, 5.74) is 6.39. The summed E-state index contributed by atoms with van der Waals surface area (Å²) in [6.07, 6.45) is 0.647. The number of hydrogen-bond donors (Lipinski definition) is 1. The van der Waals surface area contributed by atoms with Crippen LogP contribution < -0.4 is 10.5 Å². The SMILES string of the molecule is CCC(N)CS(=O)(=O)c1ccc(OC)cc1C. The average Bonchev–Trinajstić information content (AvgIpc) is 2.27. The van der Waals surface area contributed by atoms with Crippen LogP contribution in [0.4, 0.5) is 0 Å². The maximum Gasteiger partial charge on any atom is 0.180 e. The molecule has 0 saturated carbocycles. The van der Waals surface area contributed by atoms with Crippen molar-refractivity contribution in [3.8, 4) is 5.75 Å². The molecule has 0 amide bonds. The molecule has 0 heterocycles. The summed E-state index contributed by atoms with van der Waals surface area (Å²) >= 11 is 0. The van der Waals surface area contributed by atoms with Gasteiger partial charge in [0.05, 0.1) is 17.8 Å². The molecule has 5 heteroatoms. The molecule has 0 aliphatic heterocycles. The molecule has 0 aliphatic carbocycles. The quantitative estimate of drug-likeness (QED) is 0.868. The third-order valence-electron chi connectivity index (χ3n) is 2.68. The first-order valence-electron chi connectivity index (χ1n) is 5.53. The third-order valence-corrected chi connectivity index (χ3v) is 4.67. The second kappa shape index (κ2) is 5.51. The predicted octanol–water partition coefficient (Wildman–Crippen LogP) is 1.51. The van der Waals surface area contributed by atoms with Gasteiger partial charge in [-0.15, -0.1) is 0 Å². The molecule has 1 aromatic carbocycles. The molecule has 0 saturated heterocycles. The molecule has 0 radical (unpaired) electrons. The topological polar surface area (TPSA) is 69.4 Å². The Hall–Kier alpha value is -1.07. The summed E-state index contributed by atoms with van der Waals surface area (Å²) < 4.78 is 29.2. The van der Waals surface area contributed by atoms with Gasteiger partial charge in [-0.3, -0.25) is 0 Å². The van der Waals surface area contributed by atoms with Crippen molar-refractivity contribution >= 4 is 9.84 Å². The summed E-state index contributed by atoms with van der Waals surface area (Å²) in [6, 6.07) is 4.62. The normalized spacial score (nSPS) is 13.4. The van der Waals surface area contributed by atoms with Crippen LogP contribution in [0.25, 0.3) is 0 Å². The summed E-state index contributed by atoms with van der Waals surface area (Å²) in [5, 5.41) is 0. The minimum Gasteiger partial charge on any atom is -0.497 e. The minimum absolute atomic E-state index is 0.0172. The van der Waals surface area contributed by atoms with E-state index in [-0.39, 0.29) is 11.8 Å². The average molecular weight is 257 g/mol. The van der Waals surface area contributed by atoms with E-state index in [1.807, 2.05) is 6.92 Å². The maximum absolute atomic E-state index is 12.1. The standard InChI is InChI=1S/C12H19NO3S/c1-4-10(13)8-17(14,15)12-6-5-11(16-3)7-9(12)2/h5-7,10H,4,8,13H2,1-3H3. The van der Waals surface area contributed by atoms with Gasteiger partial charge in [0.2, 0.25) is 0 Å². The lowest BCUT2D eigenvalue weighted by atomic mass is 10.2. The first-order chi connectivity index (χ1) is 7.90. The van der Waals surface area contributed by atoms with Crippen LogP contribution >= 0.6 is 0 Å². The Kier molecular flexibility index (Phi) is 4.54. The fraction of sp³-hybridized carbons (Fsp3) is 0.500. The van der Waals surface area contributed by atoms with Crippen LogP contribution in [0.5, 0.6) is 5.75 Å². The molecule has 4 nitrogen and oxygen atoms in total. The lowest BCUT2D eigenvalue weighted by Crippen LogP contribution is -2.29. The Morgan fingerprint density at radius 3 is 2.53 bits per heavy atom. The monoisotopic (exact) mass is 257 g/mol. The molecule has 0 spiro atoms. The van der Waals surface area contributed by atoms with Crippen molar-refractivity contribution in [1.82, 2.24) is 0 Å². The van der Waals surface area contributed by atoms with E-state index in [9.17, 15) is 8.42 Å². The smallest absolute Gasteiger partial charge is 0.180 e. The Labute approximate surface area is 103 Å². The van der Waals surface area contributed by atoms with Crippen LogP contribution in [0.3, 0.4) is 0 Å². The van der Waals surface area contributed by atoms with Crippen molar-refractivity contribution in [3.63, 3.8) is 0 Å². The summed E-state index contributed by atoms with van der Waals surface area (Å²) in [4.78, 5) is 0.335. The molecule has 1 aromatic rings. The van der Waals surface area contributed by atoms with Gasteiger partial charge in [-0.2, -0.15) is 0 Å². The molecule has 0 fully saturated rings. The van der Waals surface area contributed by atoms with E-state index in [4.69, 9.17) is 10.5 Å². The van der Waals surface area contributed by atoms with E-state index in [1.165, 1.54) is 0 Å². The van der Waals surface area contributed by atoms with Gasteiger partial charge in [0.1, 0.15) is 5.75 Å². The van der Waals surface area contributed by atoms with Gasteiger partial charge in [0.15, 0.2) is 9.84 Å². The van der Waals surface area contributed by atoms with Crippen molar-refractivity contribution in [2.45, 2.75) is 31.2 Å². The number of rotatable bonds is 5. The Morgan fingerprint density at radius 2 is 2.06 bits per heavy atom. The van der Waals surface area contributed by atoms with Crippen LogP contribution in [-0.2, 0) is 9.84 Å². The highest BCUT2D eigenvalue weighted by atomic mass is 32.2. The highest BCUT2D eigenvalue weighted by molar-refractivity contribution is 7.91. The molecule has 0 aliphatic rings. The molecule has 96 valence electrons. The zero-order chi connectivity index (χ0) is 13.1. The summed E-state index contributed by atoms with van der Waals surface area (Å²) in [6.45, 7) is 3.63. The highest BCUT2D eigenvalue weighted by Crippen LogP contribution is 2.22. The second-order valence-corrected chi connectivity index (χ2v) is 6.08. The number of hydrogen-bond acceptors (Lipinski definition) is 4. The van der Waals surface area contributed by atoms with Crippen molar-refractivity contribution in [2.75, 3.05) is 12.9 Å². The first-order valence-corrected chi connectivity index (χ1v) is 7.19. The maximum atomic E-state index is 12.1. The van der Waals surface area contributed by atoms with Crippen molar-refractivity contribution < 1.29 is 13.2 Å². The van der Waals surface area contributed by atoms with E-state index in [1.54, 1.807) is 32.2 Å². The van der Waals surface area contributed by atoms with E-state index in [0.29, 0.717) is 22.6 Å². The summed E-state index contributed by atoms with van der Waals surface area (Å²) in [7, 11) is -1.76. The number of aryl methyl sites for hydroxylation is 1. The van der Waals surface area contributed by atoms with Crippen LogP contribution in [0.2, 0.25) is 0 Å².